The Kier molecular flexibility index (Phi) is 5.06. The SMILES string of the molecule is CO[C@@H]1C(O)O[C@H]([C@@H](C)OC(C)=O)[C@@H]1OC(C)=O. The molecule has 0 saturated carbocycles. The van der Waals surface area contributed by atoms with Crippen LogP contribution in [-0.2, 0) is 28.5 Å². The van der Waals surface area contributed by atoms with E-state index in [2.05, 4.69) is 0 Å². The maximum absolute atomic E-state index is 11.0. The van der Waals surface area contributed by atoms with E-state index in [9.17, 15) is 14.7 Å². The Labute approximate surface area is 105 Å². The summed E-state index contributed by atoms with van der Waals surface area (Å²) in [7, 11) is 1.37. The van der Waals surface area contributed by atoms with Crippen molar-refractivity contribution in [2.75, 3.05) is 7.11 Å². The molecule has 104 valence electrons. The highest BCUT2D eigenvalue weighted by molar-refractivity contribution is 5.67. The lowest BCUT2D eigenvalue weighted by Crippen LogP contribution is -2.43. The molecule has 0 aliphatic carbocycles. The van der Waals surface area contributed by atoms with Crippen LogP contribution in [0.5, 0.6) is 0 Å². The van der Waals surface area contributed by atoms with E-state index in [0.717, 1.165) is 0 Å². The monoisotopic (exact) mass is 262 g/mol. The predicted octanol–water partition coefficient (Wildman–Crippen LogP) is -0.398. The van der Waals surface area contributed by atoms with E-state index in [1.165, 1.54) is 21.0 Å². The third-order valence-corrected chi connectivity index (χ3v) is 2.61. The molecule has 1 aliphatic heterocycles. The zero-order valence-electron chi connectivity index (χ0n) is 10.8. The Morgan fingerprint density at radius 2 is 1.83 bits per heavy atom. The average Bonchev–Trinajstić information content (AvgIpc) is 2.53. The van der Waals surface area contributed by atoms with Gasteiger partial charge in [-0.25, -0.2) is 0 Å². The summed E-state index contributed by atoms with van der Waals surface area (Å²) < 4.78 is 20.3. The highest BCUT2D eigenvalue weighted by Crippen LogP contribution is 2.28. The molecule has 0 amide bonds. The van der Waals surface area contributed by atoms with Gasteiger partial charge >= 0.3 is 11.9 Å². The van der Waals surface area contributed by atoms with Crippen molar-refractivity contribution in [3.63, 3.8) is 0 Å². The van der Waals surface area contributed by atoms with Crippen LogP contribution in [0.15, 0.2) is 0 Å². The van der Waals surface area contributed by atoms with Crippen LogP contribution in [0.25, 0.3) is 0 Å². The van der Waals surface area contributed by atoms with Crippen molar-refractivity contribution in [3.05, 3.63) is 0 Å². The fourth-order valence-electron chi connectivity index (χ4n) is 1.95. The molecule has 0 aromatic heterocycles. The van der Waals surface area contributed by atoms with Gasteiger partial charge in [-0.3, -0.25) is 9.59 Å². The second-order valence-corrected chi connectivity index (χ2v) is 4.08. The second-order valence-electron chi connectivity index (χ2n) is 4.08. The highest BCUT2D eigenvalue weighted by atomic mass is 16.7. The number of rotatable bonds is 4. The lowest BCUT2D eigenvalue weighted by atomic mass is 10.1. The third kappa shape index (κ3) is 3.41. The van der Waals surface area contributed by atoms with Gasteiger partial charge in [-0.1, -0.05) is 0 Å². The van der Waals surface area contributed by atoms with E-state index in [4.69, 9.17) is 18.9 Å². The summed E-state index contributed by atoms with van der Waals surface area (Å²) in [5, 5.41) is 9.65. The maximum atomic E-state index is 11.0. The fraction of sp³-hybridized carbons (Fsp3) is 0.818. The fourth-order valence-corrected chi connectivity index (χ4v) is 1.95. The Hall–Kier alpha value is -1.18. The van der Waals surface area contributed by atoms with Crippen molar-refractivity contribution in [3.8, 4) is 0 Å². The molecule has 1 N–H and O–H groups in total. The van der Waals surface area contributed by atoms with Gasteiger partial charge in [0.25, 0.3) is 0 Å². The van der Waals surface area contributed by atoms with Crippen LogP contribution in [0.3, 0.4) is 0 Å². The van der Waals surface area contributed by atoms with E-state index in [1.54, 1.807) is 6.92 Å². The molecule has 1 unspecified atom stereocenters. The smallest absolute Gasteiger partial charge is 0.303 e. The summed E-state index contributed by atoms with van der Waals surface area (Å²) in [6, 6.07) is 0. The average molecular weight is 262 g/mol. The summed E-state index contributed by atoms with van der Waals surface area (Å²) in [4.78, 5) is 21.9. The number of carbonyl (C=O) groups excluding carboxylic acids is 2. The zero-order chi connectivity index (χ0) is 13.9. The highest BCUT2D eigenvalue weighted by Gasteiger charge is 2.49. The lowest BCUT2D eigenvalue weighted by Gasteiger charge is -2.25. The molecule has 0 spiro atoms. The third-order valence-electron chi connectivity index (χ3n) is 2.61. The van der Waals surface area contributed by atoms with E-state index in [0.29, 0.717) is 0 Å². The van der Waals surface area contributed by atoms with Crippen LogP contribution < -0.4 is 0 Å². The summed E-state index contributed by atoms with van der Waals surface area (Å²) in [6.45, 7) is 4.09. The number of aliphatic hydroxyl groups excluding tert-OH is 1. The minimum absolute atomic E-state index is 0.483. The molecule has 18 heavy (non-hydrogen) atoms. The first kappa shape index (κ1) is 14.9. The Morgan fingerprint density at radius 1 is 1.22 bits per heavy atom. The number of esters is 2. The van der Waals surface area contributed by atoms with Gasteiger partial charge in [-0.2, -0.15) is 0 Å². The van der Waals surface area contributed by atoms with Crippen molar-refractivity contribution in [1.82, 2.24) is 0 Å². The number of hydrogen-bond donors (Lipinski definition) is 1. The normalized spacial score (nSPS) is 32.9. The number of aliphatic hydroxyl groups is 1. The molecule has 1 fully saturated rings. The molecule has 0 aromatic rings. The summed E-state index contributed by atoms with van der Waals surface area (Å²) in [5.41, 5.74) is 0. The van der Waals surface area contributed by atoms with E-state index in [1.807, 2.05) is 0 Å². The molecule has 7 heteroatoms. The van der Waals surface area contributed by atoms with E-state index in [-0.39, 0.29) is 0 Å². The van der Waals surface area contributed by atoms with Crippen LogP contribution in [0.4, 0.5) is 0 Å². The quantitative estimate of drug-likeness (QED) is 0.689. The van der Waals surface area contributed by atoms with E-state index >= 15 is 0 Å². The van der Waals surface area contributed by atoms with Gasteiger partial charge in [0, 0.05) is 21.0 Å². The van der Waals surface area contributed by atoms with Gasteiger partial charge < -0.3 is 24.1 Å². The summed E-state index contributed by atoms with van der Waals surface area (Å²) in [5.74, 6) is -1.01. The maximum Gasteiger partial charge on any atom is 0.303 e. The molecule has 5 atom stereocenters. The van der Waals surface area contributed by atoms with Gasteiger partial charge in [0.15, 0.2) is 12.4 Å². The van der Waals surface area contributed by atoms with Crippen molar-refractivity contribution in [1.29, 1.82) is 0 Å². The van der Waals surface area contributed by atoms with Gasteiger partial charge in [-0.15, -0.1) is 0 Å². The predicted molar refractivity (Wildman–Crippen MR) is 58.5 cm³/mol. The van der Waals surface area contributed by atoms with Crippen LogP contribution in [0.2, 0.25) is 0 Å². The molecular weight excluding hydrogens is 244 g/mol. The zero-order valence-corrected chi connectivity index (χ0v) is 10.8. The molecule has 0 aromatic carbocycles. The van der Waals surface area contributed by atoms with Crippen LogP contribution in [0.1, 0.15) is 20.8 Å². The molecule has 1 aliphatic rings. The molecule has 7 nitrogen and oxygen atoms in total. The van der Waals surface area contributed by atoms with Crippen molar-refractivity contribution in [2.45, 2.75) is 51.5 Å². The van der Waals surface area contributed by atoms with Crippen molar-refractivity contribution < 1.29 is 33.6 Å². The lowest BCUT2D eigenvalue weighted by molar-refractivity contribution is -0.171. The van der Waals surface area contributed by atoms with E-state index < -0.39 is 42.6 Å². The number of methoxy groups -OCH3 is 1. The van der Waals surface area contributed by atoms with Gasteiger partial charge in [0.1, 0.15) is 18.3 Å². The number of ether oxygens (including phenoxy) is 4. The standard InChI is InChI=1S/C11H18O7/c1-5(16-6(2)12)8-9(17-7(3)13)10(15-4)11(14)18-8/h5,8-11,14H,1-4H3/t5-,8-,9+,10+,11?/m1/s1. The summed E-state index contributed by atoms with van der Waals surface area (Å²) >= 11 is 0. The number of carbonyl (C=O) groups is 2. The largest absolute Gasteiger partial charge is 0.460 e. The Balaban J connectivity index is 2.80. The molecule has 0 radical (unpaired) electrons. The van der Waals surface area contributed by atoms with Crippen LogP contribution in [0, 0.1) is 0 Å². The van der Waals surface area contributed by atoms with Gasteiger partial charge in [0.2, 0.25) is 0 Å². The Bertz CT molecular complexity index is 317. The minimum atomic E-state index is -1.23. The first-order chi connectivity index (χ1) is 8.36. The molecule has 0 bridgehead atoms. The van der Waals surface area contributed by atoms with Crippen molar-refractivity contribution in [2.24, 2.45) is 0 Å². The molecule has 1 rings (SSSR count). The van der Waals surface area contributed by atoms with Crippen LogP contribution in [-0.4, -0.2) is 54.9 Å². The summed E-state index contributed by atoms with van der Waals surface area (Å²) in [6.07, 6.45) is -4.30. The first-order valence-corrected chi connectivity index (χ1v) is 5.57. The molecule has 1 heterocycles. The number of hydrogen-bond acceptors (Lipinski definition) is 7. The van der Waals surface area contributed by atoms with Gasteiger partial charge in [0.05, 0.1) is 0 Å². The van der Waals surface area contributed by atoms with Crippen molar-refractivity contribution >= 4 is 11.9 Å². The molecular formula is C11H18O7. The first-order valence-electron chi connectivity index (χ1n) is 5.57. The van der Waals surface area contributed by atoms with Crippen LogP contribution >= 0.6 is 0 Å². The second kappa shape index (κ2) is 6.12. The topological polar surface area (TPSA) is 91.3 Å². The minimum Gasteiger partial charge on any atom is -0.460 e. The van der Waals surface area contributed by atoms with Gasteiger partial charge in [-0.05, 0) is 6.92 Å². The molecule has 1 saturated heterocycles. The Morgan fingerprint density at radius 3 is 2.28 bits per heavy atom.